The number of nitrogens with zero attached hydrogens (tertiary/aromatic N) is 10. The van der Waals surface area contributed by atoms with Crippen LogP contribution in [0.5, 0.6) is 0 Å². The second kappa shape index (κ2) is 22.1. The molecule has 2 aromatic carbocycles. The van der Waals surface area contributed by atoms with Gasteiger partial charge in [0.2, 0.25) is 0 Å². The Balaban J connectivity index is 0.000000165. The molecule has 12 rings (SSSR count). The summed E-state index contributed by atoms with van der Waals surface area (Å²) in [5.74, 6) is 0.486. The fourth-order valence-corrected chi connectivity index (χ4v) is 13.1. The van der Waals surface area contributed by atoms with Crippen molar-refractivity contribution in [3.05, 3.63) is 140 Å². The van der Waals surface area contributed by atoms with Crippen molar-refractivity contribution >= 4 is 47.7 Å². The Bertz CT molecular complexity index is 3420. The number of benzene rings is 2. The third-order valence-electron chi connectivity index (χ3n) is 14.5. The second-order valence-electron chi connectivity index (χ2n) is 19.0. The summed E-state index contributed by atoms with van der Waals surface area (Å²) in [6.07, 6.45) is 25.0. The summed E-state index contributed by atoms with van der Waals surface area (Å²) in [6.45, 7) is 10.2. The zero-order valence-corrected chi connectivity index (χ0v) is 42.0. The molecule has 382 valence electrons. The maximum atomic E-state index is 13.6. The topological polar surface area (TPSA) is 164 Å². The van der Waals surface area contributed by atoms with Crippen LogP contribution in [0.2, 0.25) is 0 Å². The molecule has 16 nitrogen and oxygen atoms in total. The minimum atomic E-state index is -3.81. The summed E-state index contributed by atoms with van der Waals surface area (Å²) in [5.41, 5.74) is 7.83. The SMILES string of the molecule is C.O=S(=O)(c1ccccc1)n1cc(-c2cnn(CCN3CCOCC3)c2)c2cc(C3=CCCC3)cnc21.O=S(=O)(c1ccccc1)n1cc(-c2cnn(CCN3CCOCC3)c2)c2cc(C3CCCC3)cnc21. The van der Waals surface area contributed by atoms with E-state index in [-0.39, 0.29) is 17.2 Å². The van der Waals surface area contributed by atoms with Gasteiger partial charge in [0.25, 0.3) is 20.0 Å². The zero-order chi connectivity index (χ0) is 49.1. The highest BCUT2D eigenvalue weighted by Gasteiger charge is 2.27. The van der Waals surface area contributed by atoms with E-state index in [0.717, 1.165) is 149 Å². The molecule has 6 aromatic heterocycles. The predicted octanol–water partition coefficient (Wildman–Crippen LogP) is 8.80. The predicted molar refractivity (Wildman–Crippen MR) is 284 cm³/mol. The Morgan fingerprint density at radius 1 is 0.548 bits per heavy atom. The smallest absolute Gasteiger partial charge is 0.269 e. The lowest BCUT2D eigenvalue weighted by molar-refractivity contribution is 0.0359. The van der Waals surface area contributed by atoms with E-state index in [1.165, 1.54) is 31.9 Å². The second-order valence-corrected chi connectivity index (χ2v) is 22.7. The van der Waals surface area contributed by atoms with Crippen molar-refractivity contribution in [2.24, 2.45) is 0 Å². The Hall–Kier alpha value is -6.28. The first-order valence-corrected chi connectivity index (χ1v) is 28.1. The molecule has 73 heavy (non-hydrogen) atoms. The van der Waals surface area contributed by atoms with Crippen LogP contribution in [-0.4, -0.2) is 130 Å². The van der Waals surface area contributed by atoms with E-state index in [9.17, 15) is 16.8 Å². The molecule has 0 bridgehead atoms. The molecule has 0 unspecified atom stereocenters. The average Bonchev–Trinajstić information content (AvgIpc) is 4.30. The highest BCUT2D eigenvalue weighted by molar-refractivity contribution is 7.90. The number of ether oxygens (including phenoxy) is 2. The fraction of sp³-hybridized carbons (Fsp3) is 0.382. The van der Waals surface area contributed by atoms with Crippen LogP contribution in [0.1, 0.15) is 69.4 Å². The van der Waals surface area contributed by atoms with Gasteiger partial charge in [-0.05, 0) is 91.1 Å². The number of aromatic nitrogens is 8. The van der Waals surface area contributed by atoms with Crippen LogP contribution in [0, 0.1) is 0 Å². The van der Waals surface area contributed by atoms with Crippen molar-refractivity contribution < 1.29 is 26.3 Å². The first-order valence-electron chi connectivity index (χ1n) is 25.2. The molecule has 4 aliphatic rings. The lowest BCUT2D eigenvalue weighted by atomic mass is 9.97. The minimum absolute atomic E-state index is 0. The Kier molecular flexibility index (Phi) is 15.2. The Labute approximate surface area is 428 Å². The Morgan fingerprint density at radius 2 is 1.04 bits per heavy atom. The zero-order valence-electron chi connectivity index (χ0n) is 40.4. The maximum Gasteiger partial charge on any atom is 0.269 e. The van der Waals surface area contributed by atoms with E-state index < -0.39 is 20.0 Å². The van der Waals surface area contributed by atoms with Gasteiger partial charge in [-0.25, -0.2) is 34.7 Å². The largest absolute Gasteiger partial charge is 0.379 e. The summed E-state index contributed by atoms with van der Waals surface area (Å²) >= 11 is 0. The molecular formula is C55H64N10O6S2. The number of rotatable bonds is 14. The number of morpholine rings is 2. The molecule has 2 aliphatic carbocycles. The van der Waals surface area contributed by atoms with Crippen molar-refractivity contribution in [2.75, 3.05) is 65.7 Å². The highest BCUT2D eigenvalue weighted by atomic mass is 32.2. The molecular weight excluding hydrogens is 961 g/mol. The lowest BCUT2D eigenvalue weighted by Gasteiger charge is -2.26. The molecule has 18 heteroatoms. The van der Waals surface area contributed by atoms with Crippen LogP contribution in [0.25, 0.3) is 49.9 Å². The first kappa shape index (κ1) is 50.3. The molecule has 2 saturated heterocycles. The minimum Gasteiger partial charge on any atom is -0.379 e. The molecule has 1 saturated carbocycles. The number of hydrogen-bond acceptors (Lipinski definition) is 12. The van der Waals surface area contributed by atoms with Gasteiger partial charge in [0.15, 0.2) is 11.3 Å². The average molecular weight is 1030 g/mol. The van der Waals surface area contributed by atoms with Crippen molar-refractivity contribution in [1.29, 1.82) is 0 Å². The van der Waals surface area contributed by atoms with Gasteiger partial charge in [0.1, 0.15) is 0 Å². The molecule has 2 aliphatic heterocycles. The number of hydrogen-bond donors (Lipinski definition) is 0. The molecule has 8 heterocycles. The summed E-state index contributed by atoms with van der Waals surface area (Å²) in [6, 6.07) is 21.3. The monoisotopic (exact) mass is 1020 g/mol. The van der Waals surface area contributed by atoms with Crippen molar-refractivity contribution in [1.82, 2.24) is 47.3 Å². The quantitative estimate of drug-likeness (QED) is 0.102. The fourth-order valence-electron chi connectivity index (χ4n) is 10.4. The third kappa shape index (κ3) is 10.7. The van der Waals surface area contributed by atoms with Gasteiger partial charge < -0.3 is 9.47 Å². The van der Waals surface area contributed by atoms with Crippen LogP contribution in [-0.2, 0) is 42.6 Å². The summed E-state index contributed by atoms with van der Waals surface area (Å²) in [5, 5.41) is 10.8. The van der Waals surface area contributed by atoms with Gasteiger partial charge in [-0.15, -0.1) is 0 Å². The number of fused-ring (bicyclic) bond motifs is 2. The van der Waals surface area contributed by atoms with E-state index in [4.69, 9.17) is 14.5 Å². The maximum absolute atomic E-state index is 13.6. The van der Waals surface area contributed by atoms with Crippen LogP contribution in [0.15, 0.2) is 138 Å². The van der Waals surface area contributed by atoms with E-state index in [0.29, 0.717) is 17.2 Å². The van der Waals surface area contributed by atoms with E-state index >= 15 is 0 Å². The van der Waals surface area contributed by atoms with Gasteiger partial charge in [-0.3, -0.25) is 19.2 Å². The van der Waals surface area contributed by atoms with E-state index in [1.807, 2.05) is 52.5 Å². The molecule has 0 radical (unpaired) electrons. The van der Waals surface area contributed by atoms with Crippen LogP contribution >= 0.6 is 0 Å². The highest BCUT2D eigenvalue weighted by Crippen LogP contribution is 2.39. The number of pyridine rings is 2. The molecule has 0 spiro atoms. The van der Waals surface area contributed by atoms with Gasteiger partial charge >= 0.3 is 0 Å². The standard InChI is InChI=1S/C27H31N5O3S.C27H29N5O3S.CH4/c2*33-36(34,24-8-2-1-3-9-24)32-20-26(25-16-22(17-28-27(25)32)21-6-4-5-7-21)23-18-29-31(19-23)11-10-30-12-14-35-15-13-30;/h1-3,8-9,16-21H,4-7,10-15H2;1-3,6,8-9,16-20H,4-5,7,10-15H2;1H4. The molecule has 0 N–H and O–H groups in total. The summed E-state index contributed by atoms with van der Waals surface area (Å²) < 4.78 is 71.8. The molecule has 0 amide bonds. The summed E-state index contributed by atoms with van der Waals surface area (Å²) in [7, 11) is -7.60. The molecule has 0 atom stereocenters. The third-order valence-corrected chi connectivity index (χ3v) is 17.8. The van der Waals surface area contributed by atoms with Gasteiger partial charge in [0, 0.05) is 109 Å². The lowest BCUT2D eigenvalue weighted by Crippen LogP contribution is -2.38. The van der Waals surface area contributed by atoms with Crippen molar-refractivity contribution in [2.45, 2.75) is 81.2 Å². The van der Waals surface area contributed by atoms with Gasteiger partial charge in [-0.1, -0.05) is 62.7 Å². The number of allylic oxidation sites excluding steroid dienone is 2. The molecule has 3 fully saturated rings. The van der Waals surface area contributed by atoms with Crippen molar-refractivity contribution in [3.8, 4) is 22.3 Å². The summed E-state index contributed by atoms with van der Waals surface area (Å²) in [4.78, 5) is 14.6. The van der Waals surface area contributed by atoms with Crippen LogP contribution in [0.4, 0.5) is 0 Å². The Morgan fingerprint density at radius 3 is 1.53 bits per heavy atom. The van der Waals surface area contributed by atoms with Crippen LogP contribution < -0.4 is 0 Å². The van der Waals surface area contributed by atoms with Crippen LogP contribution in [0.3, 0.4) is 0 Å². The van der Waals surface area contributed by atoms with Gasteiger partial charge in [-0.2, -0.15) is 10.2 Å². The van der Waals surface area contributed by atoms with Crippen molar-refractivity contribution in [3.63, 3.8) is 0 Å². The first-order chi connectivity index (χ1) is 35.2. The molecule has 8 aromatic rings. The van der Waals surface area contributed by atoms with E-state index in [2.05, 4.69) is 43.2 Å². The normalized spacial score (nSPS) is 17.2. The van der Waals surface area contributed by atoms with Gasteiger partial charge in [0.05, 0.1) is 61.7 Å². The van der Waals surface area contributed by atoms with E-state index in [1.54, 1.807) is 67.1 Å².